The monoisotopic (exact) mass is 1020 g/mol. The summed E-state index contributed by atoms with van der Waals surface area (Å²) in [6, 6.07) is 72.8. The average molecular weight is 1020 g/mol. The molecule has 8 aromatic carbocycles. The molecule has 11 rings (SSSR count). The number of phenols is 2. The number of hydrogen-bond acceptors (Lipinski definition) is 9. The van der Waals surface area contributed by atoms with Gasteiger partial charge in [0.2, 0.25) is 5.70 Å². The molecule has 0 radical (unpaired) electrons. The third-order valence-electron chi connectivity index (χ3n) is 13.2. The van der Waals surface area contributed by atoms with Crippen molar-refractivity contribution in [1.82, 2.24) is 18.9 Å². The van der Waals surface area contributed by atoms with E-state index in [0.29, 0.717) is 65.8 Å². The van der Waals surface area contributed by atoms with Crippen LogP contribution in [0.15, 0.2) is 218 Å². The van der Waals surface area contributed by atoms with Crippen molar-refractivity contribution in [3.8, 4) is 51.6 Å². The van der Waals surface area contributed by atoms with Crippen molar-refractivity contribution in [2.45, 2.75) is 0 Å². The first kappa shape index (κ1) is 48.7. The highest BCUT2D eigenvalue weighted by Crippen LogP contribution is 2.33. The minimum atomic E-state index is -0.634. The molecule has 0 saturated carbocycles. The Hall–Kier alpha value is -9.59. The van der Waals surface area contributed by atoms with Gasteiger partial charge in [-0.05, 0) is 96.1 Å². The van der Waals surface area contributed by atoms with Crippen LogP contribution in [0.2, 0.25) is 0 Å². The van der Waals surface area contributed by atoms with Crippen molar-refractivity contribution in [3.63, 3.8) is 0 Å². The van der Waals surface area contributed by atoms with Gasteiger partial charge in [-0.25, -0.2) is 14.8 Å². The van der Waals surface area contributed by atoms with Crippen LogP contribution in [-0.2, 0) is 0 Å². The topological polar surface area (TPSA) is 123 Å². The molecule has 0 aliphatic heterocycles. The zero-order valence-corrected chi connectivity index (χ0v) is 42.8. The molecule has 0 aliphatic rings. The molecule has 0 spiro atoms. The molecule has 0 unspecified atom stereocenters. The summed E-state index contributed by atoms with van der Waals surface area (Å²) in [5, 5.41) is 35.9. The number of phenolic OH excluding ortho intramolecular Hbond substituents is 2. The molecule has 0 amide bonds. The zero-order valence-electron chi connectivity index (χ0n) is 41.2. The van der Waals surface area contributed by atoms with Crippen molar-refractivity contribution in [3.05, 3.63) is 251 Å². The van der Waals surface area contributed by atoms with Crippen LogP contribution >= 0.6 is 22.7 Å². The first-order valence-corrected chi connectivity index (χ1v) is 25.9. The molecule has 14 heteroatoms. The minimum Gasteiger partial charge on any atom is -0.508 e. The maximum Gasteiger partial charge on any atom is 0.328 e. The van der Waals surface area contributed by atoms with Gasteiger partial charge in [0.1, 0.15) is 44.7 Å². The highest BCUT2D eigenvalue weighted by Gasteiger charge is 2.31. The number of benzene rings is 8. The highest BCUT2D eigenvalue weighted by molar-refractivity contribution is 7.20. The number of thiazole rings is 2. The maximum absolute atomic E-state index is 12.0. The van der Waals surface area contributed by atoms with Gasteiger partial charge in [-0.3, -0.25) is 0 Å². The van der Waals surface area contributed by atoms with E-state index in [1.165, 1.54) is 22.7 Å². The molecule has 364 valence electrons. The van der Waals surface area contributed by atoms with Crippen LogP contribution in [-0.4, -0.2) is 57.1 Å². The standard InChI is InChI=1S/C62H44B2N6O4S2/c1-66-60(62-68-53-37-50(74-3)33-35-59(53)76-62)57-39-55(42-26-30-48(72)31-27-42)69(63(43-16-8-4-9-17-43)44-18-10-5-11-19-44)56(51(40-65)61-67-52-36-49(73-2)32-34-58(52)75-61)38-54(41-24-28-47(71)29-25-41)70(57)64(45-20-12-6-13-21-45)46-22-14-7-15-23-46/h4-39,71-72H,2-3H3/b54-38?,55-39?,56-51?,60-57+. The second kappa shape index (κ2) is 21.5. The lowest BCUT2D eigenvalue weighted by atomic mass is 9.49. The Morgan fingerprint density at radius 1 is 0.513 bits per heavy atom. The number of nitriles is 1. The lowest BCUT2D eigenvalue weighted by Gasteiger charge is -2.28. The van der Waals surface area contributed by atoms with Gasteiger partial charge in [0.05, 0.1) is 46.6 Å². The van der Waals surface area contributed by atoms with Crippen LogP contribution in [0.25, 0.3) is 59.1 Å². The predicted molar refractivity (Wildman–Crippen MR) is 310 cm³/mol. The fourth-order valence-electron chi connectivity index (χ4n) is 9.67. The van der Waals surface area contributed by atoms with E-state index in [0.717, 1.165) is 31.3 Å². The molecule has 0 bridgehead atoms. The normalized spacial score (nSPS) is 11.8. The molecule has 3 heterocycles. The van der Waals surface area contributed by atoms with Gasteiger partial charge < -0.3 is 28.6 Å². The number of methoxy groups -OCH3 is 2. The number of aromatic nitrogens is 4. The molecule has 76 heavy (non-hydrogen) atoms. The van der Waals surface area contributed by atoms with E-state index in [1.54, 1.807) is 38.5 Å². The Bertz CT molecular complexity index is 3840. The van der Waals surface area contributed by atoms with Crippen LogP contribution in [0.4, 0.5) is 0 Å². The summed E-state index contributed by atoms with van der Waals surface area (Å²) in [6.45, 7) is 8.11. The molecular formula is C62H44B2N6O4S2. The number of aromatic hydroxyl groups is 2. The lowest BCUT2D eigenvalue weighted by Crippen LogP contribution is -2.56. The smallest absolute Gasteiger partial charge is 0.328 e. The number of fused-ring (bicyclic) bond motifs is 2. The van der Waals surface area contributed by atoms with Gasteiger partial charge in [-0.1, -0.05) is 143 Å². The first-order valence-electron chi connectivity index (χ1n) is 24.3. The van der Waals surface area contributed by atoms with Crippen LogP contribution in [0.3, 0.4) is 0 Å². The number of rotatable bonds is 12. The molecule has 0 aliphatic carbocycles. The van der Waals surface area contributed by atoms with Gasteiger partial charge >= 0.3 is 13.7 Å². The van der Waals surface area contributed by atoms with E-state index in [2.05, 4.69) is 68.4 Å². The van der Waals surface area contributed by atoms with E-state index in [4.69, 9.17) is 19.4 Å². The van der Waals surface area contributed by atoms with E-state index < -0.39 is 13.7 Å². The summed E-state index contributed by atoms with van der Waals surface area (Å²) in [5.74, 6) is 1.40. The first-order chi connectivity index (χ1) is 37.3. The second-order valence-corrected chi connectivity index (χ2v) is 19.8. The van der Waals surface area contributed by atoms with Gasteiger partial charge in [0.15, 0.2) is 0 Å². The fourth-order valence-corrected chi connectivity index (χ4v) is 11.6. The van der Waals surface area contributed by atoms with Crippen molar-refractivity contribution < 1.29 is 19.7 Å². The number of nitrogens with zero attached hydrogens (tertiary/aromatic N) is 6. The van der Waals surface area contributed by atoms with Gasteiger partial charge in [0.25, 0.3) is 0 Å². The van der Waals surface area contributed by atoms with Gasteiger partial charge in [0, 0.05) is 28.9 Å². The van der Waals surface area contributed by atoms with E-state index in [9.17, 15) is 22.0 Å². The van der Waals surface area contributed by atoms with Crippen molar-refractivity contribution in [1.29, 1.82) is 5.26 Å². The molecule has 3 aromatic heterocycles. The average Bonchev–Trinajstić information content (AvgIpc) is 4.16. The van der Waals surface area contributed by atoms with E-state index in [-0.39, 0.29) is 22.8 Å². The zero-order chi connectivity index (χ0) is 52.1. The number of hydrogen-bond donors (Lipinski definition) is 2. The van der Waals surface area contributed by atoms with E-state index >= 15 is 0 Å². The Balaban J connectivity index is 1.49. The van der Waals surface area contributed by atoms with Crippen molar-refractivity contribution >= 4 is 89.9 Å². The Labute approximate surface area is 447 Å². The minimum absolute atomic E-state index is 0.0645. The molecule has 2 N–H and O–H groups in total. The van der Waals surface area contributed by atoms with Crippen LogP contribution in [0, 0.1) is 17.9 Å². The third-order valence-corrected chi connectivity index (χ3v) is 15.3. The summed E-state index contributed by atoms with van der Waals surface area (Å²) in [4.78, 5) is 14.9. The second-order valence-electron chi connectivity index (χ2n) is 17.8. The van der Waals surface area contributed by atoms with E-state index in [1.807, 2.05) is 146 Å². The molecular weight excluding hydrogens is 978 g/mol. The highest BCUT2D eigenvalue weighted by atomic mass is 32.1. The Morgan fingerprint density at radius 3 is 1.29 bits per heavy atom. The van der Waals surface area contributed by atoms with Crippen LogP contribution in [0.5, 0.6) is 23.0 Å². The summed E-state index contributed by atoms with van der Waals surface area (Å²) >= 11 is 2.81. The van der Waals surface area contributed by atoms with Crippen LogP contribution < -0.4 is 42.0 Å². The largest absolute Gasteiger partial charge is 0.508 e. The molecule has 0 atom stereocenters. The van der Waals surface area contributed by atoms with Crippen LogP contribution in [0.1, 0.15) is 10.0 Å². The molecule has 0 fully saturated rings. The van der Waals surface area contributed by atoms with Crippen molar-refractivity contribution in [2.75, 3.05) is 14.2 Å². The molecule has 10 nitrogen and oxygen atoms in total. The summed E-state index contributed by atoms with van der Waals surface area (Å²) in [7, 11) is 3.23. The molecule has 0 saturated heterocycles. The van der Waals surface area contributed by atoms with Gasteiger partial charge in [-0.2, -0.15) is 5.26 Å². The summed E-state index contributed by atoms with van der Waals surface area (Å²) < 4.78 is 17.4. The third kappa shape index (κ3) is 9.58. The number of ether oxygens (including phenoxy) is 2. The van der Waals surface area contributed by atoms with Gasteiger partial charge in [-0.15, -0.1) is 22.7 Å². The lowest BCUT2D eigenvalue weighted by molar-refractivity contribution is 0.415. The summed E-state index contributed by atoms with van der Waals surface area (Å²) in [6.07, 6.45) is 0. The predicted octanol–water partition coefficient (Wildman–Crippen LogP) is 9.50. The van der Waals surface area contributed by atoms with Crippen molar-refractivity contribution in [2.24, 2.45) is 0 Å². The Kier molecular flexibility index (Phi) is 13.8. The maximum atomic E-state index is 12.0. The quantitative estimate of drug-likeness (QED) is 0.0924. The fraction of sp³-hybridized carbons (Fsp3) is 0.0323. The SMILES string of the molecule is [C-]#[N+]/C(c1nc2cc(OC)ccc2s1)=c1\cc(-c2ccc(O)cc2)n(B(c2ccccc2)c2ccccc2)c(=C(C#N)c2nc3cc(OC)ccc3s2)cc(-c2ccc(O)cc2)n1B(c1ccccc1)c1ccccc1. The Morgan fingerprint density at radius 2 is 0.895 bits per heavy atom. The summed E-state index contributed by atoms with van der Waals surface area (Å²) in [5.41, 5.74) is 8.01. The molecule has 11 aromatic rings.